The van der Waals surface area contributed by atoms with Crippen molar-refractivity contribution in [1.29, 1.82) is 0 Å². The molecule has 3 aliphatic rings. The van der Waals surface area contributed by atoms with E-state index in [1.54, 1.807) is 0 Å². The van der Waals surface area contributed by atoms with Gasteiger partial charge in [-0.3, -0.25) is 0 Å². The zero-order valence-electron chi connectivity index (χ0n) is 11.3. The molecule has 1 N–H and O–H groups in total. The maximum atomic E-state index is 8.75. The molecule has 110 valence electrons. The molecule has 0 radical (unpaired) electrons. The normalized spacial score (nSPS) is 39.9. The summed E-state index contributed by atoms with van der Waals surface area (Å²) in [5, 5.41) is 8.75. The van der Waals surface area contributed by atoms with Crippen LogP contribution in [0.4, 0.5) is 0 Å². The smallest absolute Gasteiger partial charge is 0.104 e. The Hall–Kier alpha value is -0.200. The van der Waals surface area contributed by atoms with E-state index in [0.29, 0.717) is 49.8 Å². The fourth-order valence-corrected chi connectivity index (χ4v) is 3.22. The molecular formula is C14H24O5. The van der Waals surface area contributed by atoms with Crippen molar-refractivity contribution in [3.8, 4) is 0 Å². The lowest BCUT2D eigenvalue weighted by Crippen LogP contribution is -2.34. The van der Waals surface area contributed by atoms with Crippen LogP contribution >= 0.6 is 0 Å². The van der Waals surface area contributed by atoms with Crippen molar-refractivity contribution < 1.29 is 24.1 Å². The van der Waals surface area contributed by atoms with Gasteiger partial charge >= 0.3 is 0 Å². The molecular weight excluding hydrogens is 248 g/mol. The van der Waals surface area contributed by atoms with E-state index in [2.05, 4.69) is 0 Å². The number of aliphatic hydroxyl groups is 1. The standard InChI is InChI=1S/C14H24O5/c15-4-1-5-16-8-11-12(9-17-6-10-7-18-10)14-3-2-13(11)19-14/h10-15H,1-9H2. The van der Waals surface area contributed by atoms with Gasteiger partial charge in [0.05, 0.1) is 38.6 Å². The van der Waals surface area contributed by atoms with Crippen LogP contribution in [-0.4, -0.2) is 63.1 Å². The first-order valence-electron chi connectivity index (χ1n) is 7.42. The Bertz CT molecular complexity index is 281. The SMILES string of the molecule is OCCCOCC1C2CCC(O2)C1COCC1CO1. The third kappa shape index (κ3) is 3.47. The molecule has 5 heteroatoms. The summed E-state index contributed by atoms with van der Waals surface area (Å²) in [5.74, 6) is 0.921. The molecule has 0 aliphatic carbocycles. The van der Waals surface area contributed by atoms with Crippen LogP contribution in [0.15, 0.2) is 0 Å². The average Bonchev–Trinajstić information content (AvgIpc) is 3.03. The summed E-state index contributed by atoms with van der Waals surface area (Å²) in [4.78, 5) is 0. The summed E-state index contributed by atoms with van der Waals surface area (Å²) in [6.07, 6.45) is 4.06. The van der Waals surface area contributed by atoms with Gasteiger partial charge in [-0.2, -0.15) is 0 Å². The number of epoxide rings is 1. The summed E-state index contributed by atoms with van der Waals surface area (Å²) in [7, 11) is 0. The number of hydrogen-bond donors (Lipinski definition) is 1. The maximum absolute atomic E-state index is 8.75. The third-order valence-corrected chi connectivity index (χ3v) is 4.36. The molecule has 3 heterocycles. The molecule has 5 nitrogen and oxygen atoms in total. The fourth-order valence-electron chi connectivity index (χ4n) is 3.22. The van der Waals surface area contributed by atoms with Crippen molar-refractivity contribution in [3.05, 3.63) is 0 Å². The van der Waals surface area contributed by atoms with Crippen LogP contribution in [0.1, 0.15) is 19.3 Å². The second-order valence-electron chi connectivity index (χ2n) is 5.76. The minimum atomic E-state index is 0.196. The molecule has 3 fully saturated rings. The molecule has 5 atom stereocenters. The molecule has 0 aromatic rings. The molecule has 5 unspecified atom stereocenters. The number of hydrogen-bond acceptors (Lipinski definition) is 5. The van der Waals surface area contributed by atoms with Crippen LogP contribution in [-0.2, 0) is 18.9 Å². The first-order chi connectivity index (χ1) is 9.38. The van der Waals surface area contributed by atoms with Gasteiger partial charge in [0.15, 0.2) is 0 Å². The van der Waals surface area contributed by atoms with Crippen molar-refractivity contribution in [1.82, 2.24) is 0 Å². The maximum Gasteiger partial charge on any atom is 0.104 e. The largest absolute Gasteiger partial charge is 0.396 e. The van der Waals surface area contributed by atoms with Gasteiger partial charge in [-0.15, -0.1) is 0 Å². The molecule has 3 saturated heterocycles. The van der Waals surface area contributed by atoms with Crippen LogP contribution in [0.2, 0.25) is 0 Å². The summed E-state index contributed by atoms with van der Waals surface area (Å²) in [5.41, 5.74) is 0. The van der Waals surface area contributed by atoms with E-state index in [1.165, 1.54) is 0 Å². The summed E-state index contributed by atoms with van der Waals surface area (Å²) in [6.45, 7) is 3.88. The zero-order chi connectivity index (χ0) is 13.1. The van der Waals surface area contributed by atoms with E-state index < -0.39 is 0 Å². The molecule has 0 spiro atoms. The Morgan fingerprint density at radius 1 is 1.00 bits per heavy atom. The van der Waals surface area contributed by atoms with Crippen LogP contribution in [0.25, 0.3) is 0 Å². The molecule has 19 heavy (non-hydrogen) atoms. The first kappa shape index (κ1) is 13.8. The lowest BCUT2D eigenvalue weighted by Gasteiger charge is -2.27. The van der Waals surface area contributed by atoms with Gasteiger partial charge in [0, 0.05) is 25.0 Å². The van der Waals surface area contributed by atoms with Crippen molar-refractivity contribution >= 4 is 0 Å². The van der Waals surface area contributed by atoms with Gasteiger partial charge in [-0.05, 0) is 19.3 Å². The second-order valence-corrected chi connectivity index (χ2v) is 5.76. The Balaban J connectivity index is 1.42. The van der Waals surface area contributed by atoms with Crippen molar-refractivity contribution in [3.63, 3.8) is 0 Å². The van der Waals surface area contributed by atoms with Crippen LogP contribution in [0.5, 0.6) is 0 Å². The van der Waals surface area contributed by atoms with Crippen LogP contribution < -0.4 is 0 Å². The third-order valence-electron chi connectivity index (χ3n) is 4.36. The predicted molar refractivity (Wildman–Crippen MR) is 68.0 cm³/mol. The topological polar surface area (TPSA) is 60.5 Å². The van der Waals surface area contributed by atoms with Gasteiger partial charge in [0.1, 0.15) is 6.10 Å². The number of fused-ring (bicyclic) bond motifs is 2. The molecule has 0 aromatic carbocycles. The molecule has 0 aromatic heterocycles. The number of aliphatic hydroxyl groups excluding tert-OH is 1. The van der Waals surface area contributed by atoms with Gasteiger partial charge < -0.3 is 24.1 Å². The highest BCUT2D eigenvalue weighted by Crippen LogP contribution is 2.43. The average molecular weight is 272 g/mol. The number of rotatable bonds is 9. The summed E-state index contributed by atoms with van der Waals surface area (Å²) < 4.78 is 22.5. The molecule has 0 saturated carbocycles. The predicted octanol–water partition coefficient (Wildman–Crippen LogP) is 0.594. The van der Waals surface area contributed by atoms with Crippen molar-refractivity contribution in [2.24, 2.45) is 11.8 Å². The quantitative estimate of drug-likeness (QED) is 0.492. The van der Waals surface area contributed by atoms with Crippen LogP contribution in [0, 0.1) is 11.8 Å². The summed E-state index contributed by atoms with van der Waals surface area (Å²) in [6, 6.07) is 0. The van der Waals surface area contributed by atoms with Gasteiger partial charge in [-0.1, -0.05) is 0 Å². The van der Waals surface area contributed by atoms with Gasteiger partial charge in [-0.25, -0.2) is 0 Å². The second kappa shape index (κ2) is 6.50. The fraction of sp³-hybridized carbons (Fsp3) is 1.00. The van der Waals surface area contributed by atoms with Crippen molar-refractivity contribution in [2.75, 3.05) is 39.6 Å². The Kier molecular flexibility index (Phi) is 4.71. The first-order valence-corrected chi connectivity index (χ1v) is 7.42. The highest BCUT2D eigenvalue weighted by atomic mass is 16.6. The van der Waals surface area contributed by atoms with E-state index in [9.17, 15) is 0 Å². The molecule has 2 bridgehead atoms. The lowest BCUT2D eigenvalue weighted by atomic mass is 9.80. The van der Waals surface area contributed by atoms with E-state index in [4.69, 9.17) is 24.1 Å². The van der Waals surface area contributed by atoms with E-state index in [0.717, 1.165) is 32.7 Å². The van der Waals surface area contributed by atoms with Gasteiger partial charge in [0.25, 0.3) is 0 Å². The van der Waals surface area contributed by atoms with E-state index in [1.807, 2.05) is 0 Å². The zero-order valence-corrected chi connectivity index (χ0v) is 11.3. The highest BCUT2D eigenvalue weighted by Gasteiger charge is 2.48. The van der Waals surface area contributed by atoms with E-state index in [-0.39, 0.29) is 6.61 Å². The molecule has 3 rings (SSSR count). The van der Waals surface area contributed by atoms with Crippen molar-refractivity contribution in [2.45, 2.75) is 37.6 Å². The van der Waals surface area contributed by atoms with E-state index >= 15 is 0 Å². The number of ether oxygens (including phenoxy) is 4. The van der Waals surface area contributed by atoms with Crippen LogP contribution in [0.3, 0.4) is 0 Å². The Morgan fingerprint density at radius 2 is 1.68 bits per heavy atom. The Morgan fingerprint density at radius 3 is 2.32 bits per heavy atom. The molecule has 3 aliphatic heterocycles. The van der Waals surface area contributed by atoms with Gasteiger partial charge in [0.2, 0.25) is 0 Å². The highest BCUT2D eigenvalue weighted by molar-refractivity contribution is 4.96. The molecule has 0 amide bonds. The monoisotopic (exact) mass is 272 g/mol. The lowest BCUT2D eigenvalue weighted by molar-refractivity contribution is 0.0202. The Labute approximate surface area is 114 Å². The minimum absolute atomic E-state index is 0.196. The summed E-state index contributed by atoms with van der Waals surface area (Å²) >= 11 is 0. The minimum Gasteiger partial charge on any atom is -0.396 e.